The van der Waals surface area contributed by atoms with Gasteiger partial charge in [-0.2, -0.15) is 0 Å². The first kappa shape index (κ1) is 21.6. The van der Waals surface area contributed by atoms with Crippen LogP contribution in [0.1, 0.15) is 17.5 Å². The van der Waals surface area contributed by atoms with Gasteiger partial charge in [-0.15, -0.1) is 23.4 Å². The summed E-state index contributed by atoms with van der Waals surface area (Å²) in [5, 5.41) is 22.0. The molecule has 2 aliphatic heterocycles. The average Bonchev–Trinajstić information content (AvgIpc) is 2.67. The zero-order valence-electron chi connectivity index (χ0n) is 16.7. The maximum atomic E-state index is 13.9. The number of hydrogen-bond donors (Lipinski definition) is 2. The van der Waals surface area contributed by atoms with Gasteiger partial charge in [-0.1, -0.05) is 0 Å². The van der Waals surface area contributed by atoms with Gasteiger partial charge in [0.2, 0.25) is 0 Å². The standard InChI is InChI=1S/C20H22F4N4O3/c1-28-8-11(21)6-12(9-28)25-19-16-10-30-5-4-14(16)18(26-27-19)15-3-2-13(7-17(15)29)31-20(22,23)24/h2-3,7,11-12,29H,4-6,8-10H2,1H3,(H,25,27)/t11-,12-/m1/s1. The second kappa shape index (κ2) is 8.46. The largest absolute Gasteiger partial charge is 0.573 e. The molecule has 31 heavy (non-hydrogen) atoms. The summed E-state index contributed by atoms with van der Waals surface area (Å²) in [5.74, 6) is -0.443. The number of phenols is 1. The van der Waals surface area contributed by atoms with Crippen LogP contribution in [0, 0.1) is 0 Å². The van der Waals surface area contributed by atoms with Crippen molar-refractivity contribution in [3.05, 3.63) is 29.3 Å². The number of halogens is 4. The van der Waals surface area contributed by atoms with E-state index in [4.69, 9.17) is 4.74 Å². The summed E-state index contributed by atoms with van der Waals surface area (Å²) < 4.78 is 60.7. The van der Waals surface area contributed by atoms with E-state index in [0.29, 0.717) is 44.0 Å². The van der Waals surface area contributed by atoms with Crippen LogP contribution in [0.2, 0.25) is 0 Å². The van der Waals surface area contributed by atoms with Crippen molar-refractivity contribution in [2.75, 3.05) is 32.1 Å². The highest BCUT2D eigenvalue weighted by Crippen LogP contribution is 2.38. The number of anilines is 1. The maximum absolute atomic E-state index is 13.9. The van der Waals surface area contributed by atoms with Crippen LogP contribution < -0.4 is 10.1 Å². The number of aromatic nitrogens is 2. The van der Waals surface area contributed by atoms with E-state index in [1.54, 1.807) is 0 Å². The molecule has 2 N–H and O–H groups in total. The van der Waals surface area contributed by atoms with Crippen LogP contribution in [0.4, 0.5) is 23.4 Å². The molecular formula is C20H22F4N4O3. The summed E-state index contributed by atoms with van der Waals surface area (Å²) in [5.41, 5.74) is 2.14. The molecule has 0 saturated carbocycles. The lowest BCUT2D eigenvalue weighted by atomic mass is 9.97. The number of alkyl halides is 4. The first-order valence-corrected chi connectivity index (χ1v) is 9.84. The summed E-state index contributed by atoms with van der Waals surface area (Å²) in [4.78, 5) is 1.90. The lowest BCUT2D eigenvalue weighted by Gasteiger charge is -2.33. The molecule has 0 unspecified atom stereocenters. The fraction of sp³-hybridized carbons (Fsp3) is 0.500. The molecule has 2 atom stereocenters. The second-order valence-corrected chi connectivity index (χ2v) is 7.78. The number of hydrogen-bond acceptors (Lipinski definition) is 7. The van der Waals surface area contributed by atoms with Gasteiger partial charge >= 0.3 is 6.36 Å². The topological polar surface area (TPSA) is 79.7 Å². The van der Waals surface area contributed by atoms with Gasteiger partial charge in [-0.25, -0.2) is 4.39 Å². The third-order valence-electron chi connectivity index (χ3n) is 5.31. The summed E-state index contributed by atoms with van der Waals surface area (Å²) in [6, 6.07) is 3.17. The van der Waals surface area contributed by atoms with E-state index in [-0.39, 0.29) is 18.2 Å². The van der Waals surface area contributed by atoms with Crippen LogP contribution in [-0.2, 0) is 17.8 Å². The molecule has 0 bridgehead atoms. The van der Waals surface area contributed by atoms with E-state index in [1.807, 2.05) is 11.9 Å². The highest BCUT2D eigenvalue weighted by molar-refractivity contribution is 5.73. The zero-order chi connectivity index (χ0) is 22.2. The molecule has 1 saturated heterocycles. The van der Waals surface area contributed by atoms with E-state index < -0.39 is 24.0 Å². The number of fused-ring (bicyclic) bond motifs is 1. The van der Waals surface area contributed by atoms with Crippen molar-refractivity contribution < 1.29 is 32.1 Å². The Balaban J connectivity index is 1.64. The SMILES string of the molecule is CN1C[C@H](F)C[C@@H](Nc2nnc(-c3ccc(OC(F)(F)F)cc3O)c3c2COCC3)C1. The number of piperidine rings is 1. The number of likely N-dealkylation sites (tertiary alicyclic amines) is 1. The average molecular weight is 442 g/mol. The maximum Gasteiger partial charge on any atom is 0.573 e. The minimum Gasteiger partial charge on any atom is -0.507 e. The molecule has 0 aliphatic carbocycles. The van der Waals surface area contributed by atoms with Crippen LogP contribution in [0.5, 0.6) is 11.5 Å². The molecule has 168 valence electrons. The van der Waals surface area contributed by atoms with Crippen molar-refractivity contribution in [1.82, 2.24) is 15.1 Å². The number of nitrogens with one attached hydrogen (secondary N) is 1. The van der Waals surface area contributed by atoms with Gasteiger partial charge in [0.1, 0.15) is 23.4 Å². The molecule has 2 aliphatic rings. The smallest absolute Gasteiger partial charge is 0.507 e. The van der Waals surface area contributed by atoms with Crippen LogP contribution in [0.25, 0.3) is 11.3 Å². The van der Waals surface area contributed by atoms with Gasteiger partial charge < -0.3 is 24.8 Å². The normalized spacial score (nSPS) is 22.1. The summed E-state index contributed by atoms with van der Waals surface area (Å²) >= 11 is 0. The Morgan fingerprint density at radius 3 is 2.74 bits per heavy atom. The number of nitrogens with zero attached hydrogens (tertiary/aromatic N) is 3. The number of likely N-dealkylation sites (N-methyl/N-ethyl adjacent to an activating group) is 1. The lowest BCUT2D eigenvalue weighted by Crippen LogP contribution is -2.45. The molecule has 4 rings (SSSR count). The van der Waals surface area contributed by atoms with Crippen LogP contribution in [-0.4, -0.2) is 65.5 Å². The molecule has 0 spiro atoms. The monoisotopic (exact) mass is 442 g/mol. The lowest BCUT2D eigenvalue weighted by molar-refractivity contribution is -0.274. The number of ether oxygens (including phenoxy) is 2. The Labute approximate surface area is 176 Å². The summed E-state index contributed by atoms with van der Waals surface area (Å²) in [6.45, 7) is 1.73. The van der Waals surface area contributed by atoms with Gasteiger partial charge in [-0.05, 0) is 31.2 Å². The molecule has 2 aromatic rings. The minimum atomic E-state index is -4.86. The molecule has 7 nitrogen and oxygen atoms in total. The molecule has 0 radical (unpaired) electrons. The van der Waals surface area contributed by atoms with Gasteiger partial charge in [-0.3, -0.25) is 0 Å². The molecular weight excluding hydrogens is 420 g/mol. The van der Waals surface area contributed by atoms with Crippen molar-refractivity contribution in [3.63, 3.8) is 0 Å². The molecule has 3 heterocycles. The van der Waals surface area contributed by atoms with E-state index in [9.17, 15) is 22.7 Å². The van der Waals surface area contributed by atoms with Crippen LogP contribution in [0.15, 0.2) is 18.2 Å². The highest BCUT2D eigenvalue weighted by Gasteiger charge is 2.32. The van der Waals surface area contributed by atoms with Crippen molar-refractivity contribution in [2.24, 2.45) is 0 Å². The Bertz CT molecular complexity index is 947. The first-order valence-electron chi connectivity index (χ1n) is 9.84. The van der Waals surface area contributed by atoms with Crippen LogP contribution >= 0.6 is 0 Å². The third kappa shape index (κ3) is 4.99. The van der Waals surface area contributed by atoms with E-state index in [1.165, 1.54) is 6.07 Å². The number of rotatable bonds is 4. The van der Waals surface area contributed by atoms with Crippen molar-refractivity contribution in [1.29, 1.82) is 0 Å². The molecule has 11 heteroatoms. The van der Waals surface area contributed by atoms with Crippen molar-refractivity contribution in [2.45, 2.75) is 38.0 Å². The molecule has 1 fully saturated rings. The number of aromatic hydroxyl groups is 1. The molecule has 1 aromatic carbocycles. The third-order valence-corrected chi connectivity index (χ3v) is 5.31. The predicted octanol–water partition coefficient (Wildman–Crippen LogP) is 3.27. The minimum absolute atomic E-state index is 0.146. The Kier molecular flexibility index (Phi) is 5.89. The van der Waals surface area contributed by atoms with Gasteiger partial charge in [0.05, 0.1) is 13.2 Å². The fourth-order valence-electron chi connectivity index (χ4n) is 4.07. The first-order chi connectivity index (χ1) is 14.7. The zero-order valence-corrected chi connectivity index (χ0v) is 16.7. The quantitative estimate of drug-likeness (QED) is 0.704. The van der Waals surface area contributed by atoms with E-state index in [2.05, 4.69) is 20.3 Å². The Morgan fingerprint density at radius 2 is 2.03 bits per heavy atom. The van der Waals surface area contributed by atoms with Crippen molar-refractivity contribution in [3.8, 4) is 22.8 Å². The number of phenolic OH excluding ortho intramolecular Hbond substituents is 1. The molecule has 1 aromatic heterocycles. The summed E-state index contributed by atoms with van der Waals surface area (Å²) in [7, 11) is 1.85. The van der Waals surface area contributed by atoms with Gasteiger partial charge in [0.15, 0.2) is 5.82 Å². The van der Waals surface area contributed by atoms with Gasteiger partial charge in [0, 0.05) is 42.7 Å². The van der Waals surface area contributed by atoms with Crippen LogP contribution in [0.3, 0.4) is 0 Å². The number of benzene rings is 1. The Hall–Kier alpha value is -2.66. The second-order valence-electron chi connectivity index (χ2n) is 7.78. The highest BCUT2D eigenvalue weighted by atomic mass is 19.4. The van der Waals surface area contributed by atoms with E-state index >= 15 is 0 Å². The summed E-state index contributed by atoms with van der Waals surface area (Å²) in [6.07, 6.45) is -4.95. The van der Waals surface area contributed by atoms with Gasteiger partial charge in [0.25, 0.3) is 0 Å². The predicted molar refractivity (Wildman–Crippen MR) is 104 cm³/mol. The Morgan fingerprint density at radius 1 is 1.23 bits per heavy atom. The van der Waals surface area contributed by atoms with E-state index in [0.717, 1.165) is 23.3 Å². The fourth-order valence-corrected chi connectivity index (χ4v) is 4.07. The molecule has 0 amide bonds. The van der Waals surface area contributed by atoms with Crippen molar-refractivity contribution >= 4 is 5.82 Å².